The number of nitrogens with zero attached hydrogens (tertiary/aromatic N) is 4. The Kier molecular flexibility index (Phi) is 5.06. The number of methoxy groups -OCH3 is 1. The largest absolute Gasteiger partial charge is 0.456 e. The van der Waals surface area contributed by atoms with Crippen LogP contribution >= 0.6 is 0 Å². The summed E-state index contributed by atoms with van der Waals surface area (Å²) in [6.07, 6.45) is 7.45. The van der Waals surface area contributed by atoms with Gasteiger partial charge >= 0.3 is 6.09 Å². The summed E-state index contributed by atoms with van der Waals surface area (Å²) >= 11 is 0. The second-order valence-electron chi connectivity index (χ2n) is 8.35. The summed E-state index contributed by atoms with van der Waals surface area (Å²) in [6, 6.07) is 13.7. The van der Waals surface area contributed by atoms with Crippen molar-refractivity contribution in [2.75, 3.05) is 12.0 Å². The third-order valence-corrected chi connectivity index (χ3v) is 6.16. The summed E-state index contributed by atoms with van der Waals surface area (Å²) in [5.74, 6) is 1.35. The van der Waals surface area contributed by atoms with Gasteiger partial charge in [-0.2, -0.15) is 10.4 Å². The van der Waals surface area contributed by atoms with Gasteiger partial charge in [0.15, 0.2) is 0 Å². The minimum Gasteiger partial charge on any atom is -0.456 e. The van der Waals surface area contributed by atoms with Crippen LogP contribution in [0.5, 0.6) is 11.5 Å². The van der Waals surface area contributed by atoms with Gasteiger partial charge in [-0.05, 0) is 69.0 Å². The molecular formula is C25H24N4O3. The monoisotopic (exact) mass is 428 g/mol. The molecule has 1 fully saturated rings. The minimum absolute atomic E-state index is 0.0289. The average Bonchev–Trinajstić information content (AvgIpc) is 3.56. The molecule has 1 atom stereocenters. The number of rotatable bonds is 4. The van der Waals surface area contributed by atoms with Crippen molar-refractivity contribution in [1.82, 2.24) is 9.78 Å². The van der Waals surface area contributed by atoms with Crippen LogP contribution in [0, 0.1) is 11.3 Å². The third kappa shape index (κ3) is 3.58. The zero-order valence-electron chi connectivity index (χ0n) is 18.1. The Morgan fingerprint density at radius 3 is 2.62 bits per heavy atom. The third-order valence-electron chi connectivity index (χ3n) is 6.16. The number of carbonyl (C=O) groups excluding carboxylic acids is 1. The summed E-state index contributed by atoms with van der Waals surface area (Å²) in [5.41, 5.74) is 4.25. The van der Waals surface area contributed by atoms with Crippen molar-refractivity contribution < 1.29 is 14.3 Å². The molecular weight excluding hydrogens is 404 g/mol. The van der Waals surface area contributed by atoms with Crippen LogP contribution in [0.1, 0.15) is 43.4 Å². The molecule has 3 aromatic rings. The van der Waals surface area contributed by atoms with Gasteiger partial charge in [0.1, 0.15) is 11.5 Å². The predicted octanol–water partition coefficient (Wildman–Crippen LogP) is 5.46. The van der Waals surface area contributed by atoms with Crippen molar-refractivity contribution in [2.45, 2.75) is 44.7 Å². The van der Waals surface area contributed by atoms with Crippen LogP contribution in [-0.4, -0.2) is 29.0 Å². The van der Waals surface area contributed by atoms with E-state index in [2.05, 4.69) is 17.4 Å². The van der Waals surface area contributed by atoms with E-state index in [4.69, 9.17) is 14.7 Å². The van der Waals surface area contributed by atoms with Crippen molar-refractivity contribution in [3.05, 3.63) is 59.9 Å². The molecule has 1 amide bonds. The Morgan fingerprint density at radius 1 is 1.16 bits per heavy atom. The van der Waals surface area contributed by atoms with E-state index >= 15 is 0 Å². The van der Waals surface area contributed by atoms with Crippen LogP contribution in [0.25, 0.3) is 11.1 Å². The quantitative estimate of drug-likeness (QED) is 0.551. The number of benzene rings is 2. The molecule has 7 heteroatoms. The Bertz CT molecular complexity index is 1200. The van der Waals surface area contributed by atoms with Gasteiger partial charge in [-0.3, -0.25) is 9.58 Å². The molecule has 2 aliphatic rings. The summed E-state index contributed by atoms with van der Waals surface area (Å²) in [6.45, 7) is 2.02. The molecule has 1 aliphatic heterocycles. The van der Waals surface area contributed by atoms with Crippen LogP contribution in [0.3, 0.4) is 0 Å². The first-order valence-corrected chi connectivity index (χ1v) is 10.8. The van der Waals surface area contributed by atoms with E-state index in [0.29, 0.717) is 23.1 Å². The molecule has 2 heterocycles. The maximum atomic E-state index is 12.5. The van der Waals surface area contributed by atoms with Crippen LogP contribution in [-0.2, 0) is 11.2 Å². The maximum Gasteiger partial charge on any atom is 0.414 e. The number of hydrogen-bond donors (Lipinski definition) is 0. The fraction of sp³-hybridized carbons (Fsp3) is 0.320. The highest BCUT2D eigenvalue weighted by atomic mass is 16.5. The summed E-state index contributed by atoms with van der Waals surface area (Å²) < 4.78 is 13.5. The number of hydrogen-bond acceptors (Lipinski definition) is 5. The lowest BCUT2D eigenvalue weighted by molar-refractivity contribution is 0.175. The van der Waals surface area contributed by atoms with Crippen LogP contribution in [0.2, 0.25) is 0 Å². The first-order valence-electron chi connectivity index (χ1n) is 10.8. The van der Waals surface area contributed by atoms with Crippen molar-refractivity contribution in [2.24, 2.45) is 0 Å². The molecule has 0 saturated heterocycles. The van der Waals surface area contributed by atoms with Gasteiger partial charge in [0, 0.05) is 28.9 Å². The fourth-order valence-electron chi connectivity index (χ4n) is 4.26. The zero-order chi connectivity index (χ0) is 22.2. The first-order chi connectivity index (χ1) is 15.6. The van der Waals surface area contributed by atoms with E-state index in [-0.39, 0.29) is 12.1 Å². The molecule has 2 aromatic carbocycles. The molecule has 1 saturated carbocycles. The van der Waals surface area contributed by atoms with Gasteiger partial charge in [-0.25, -0.2) is 4.79 Å². The number of nitriles is 1. The number of fused-ring (bicyclic) bond motifs is 1. The molecule has 1 aliphatic carbocycles. The average molecular weight is 428 g/mol. The molecule has 0 spiro atoms. The highest BCUT2D eigenvalue weighted by Crippen LogP contribution is 2.45. The smallest absolute Gasteiger partial charge is 0.414 e. The van der Waals surface area contributed by atoms with Crippen molar-refractivity contribution in [3.8, 4) is 28.7 Å². The summed E-state index contributed by atoms with van der Waals surface area (Å²) in [7, 11) is 1.40. The van der Waals surface area contributed by atoms with Crippen molar-refractivity contribution >= 4 is 11.8 Å². The molecule has 0 bridgehead atoms. The van der Waals surface area contributed by atoms with Crippen molar-refractivity contribution in [1.29, 1.82) is 5.26 Å². The van der Waals surface area contributed by atoms with Gasteiger partial charge in [-0.15, -0.1) is 0 Å². The number of aromatic nitrogens is 2. The summed E-state index contributed by atoms with van der Waals surface area (Å²) in [4.78, 5) is 14.2. The molecule has 5 rings (SSSR count). The predicted molar refractivity (Wildman–Crippen MR) is 120 cm³/mol. The second-order valence-corrected chi connectivity index (χ2v) is 8.35. The standard InChI is InChI=1S/C25H24N4O3/c1-16-3-10-22-23(29(16)25(30)31-2)12-11-21(18-14-27-28(15-18)19-6-7-19)24(22)32-20-8-4-17(13-26)5-9-20/h4-5,8-9,11-12,14-16,19H,3,6-7,10H2,1-2H3. The lowest BCUT2D eigenvalue weighted by atomic mass is 9.92. The normalized spacial score (nSPS) is 17.4. The molecule has 7 nitrogen and oxygen atoms in total. The maximum absolute atomic E-state index is 12.5. The topological polar surface area (TPSA) is 80.4 Å². The van der Waals surface area contributed by atoms with Gasteiger partial charge in [0.05, 0.1) is 36.7 Å². The number of ether oxygens (including phenoxy) is 2. The van der Waals surface area contributed by atoms with Gasteiger partial charge in [-0.1, -0.05) is 0 Å². The van der Waals surface area contributed by atoms with Crippen LogP contribution in [0.4, 0.5) is 10.5 Å². The number of carbonyl (C=O) groups is 1. The van der Waals surface area contributed by atoms with Crippen LogP contribution < -0.4 is 9.64 Å². The van der Waals surface area contributed by atoms with E-state index in [0.717, 1.165) is 48.1 Å². The lowest BCUT2D eigenvalue weighted by Gasteiger charge is -2.35. The van der Waals surface area contributed by atoms with E-state index < -0.39 is 0 Å². The molecule has 162 valence electrons. The number of amides is 1. The van der Waals surface area contributed by atoms with Crippen molar-refractivity contribution in [3.63, 3.8) is 0 Å². The second kappa shape index (κ2) is 8.04. The van der Waals surface area contributed by atoms with Gasteiger partial charge in [0.2, 0.25) is 0 Å². The SMILES string of the molecule is COC(=O)N1c2ccc(-c3cnn(C4CC4)c3)c(Oc3ccc(C#N)cc3)c2CCC1C. The molecule has 0 N–H and O–H groups in total. The Labute approximate surface area is 186 Å². The minimum atomic E-state index is -0.378. The van der Waals surface area contributed by atoms with Gasteiger partial charge < -0.3 is 9.47 Å². The molecule has 32 heavy (non-hydrogen) atoms. The number of anilines is 1. The Balaban J connectivity index is 1.62. The van der Waals surface area contributed by atoms with Gasteiger partial charge in [0.25, 0.3) is 0 Å². The van der Waals surface area contributed by atoms with E-state index in [1.54, 1.807) is 29.2 Å². The fourth-order valence-corrected chi connectivity index (χ4v) is 4.26. The first kappa shape index (κ1) is 20.1. The lowest BCUT2D eigenvalue weighted by Crippen LogP contribution is -2.42. The zero-order valence-corrected chi connectivity index (χ0v) is 18.1. The van der Waals surface area contributed by atoms with E-state index in [1.807, 2.05) is 29.9 Å². The molecule has 1 unspecified atom stereocenters. The van der Waals surface area contributed by atoms with E-state index in [1.165, 1.54) is 7.11 Å². The molecule has 0 radical (unpaired) electrons. The van der Waals surface area contributed by atoms with Crippen LogP contribution in [0.15, 0.2) is 48.8 Å². The Hall–Kier alpha value is -3.79. The Morgan fingerprint density at radius 2 is 1.94 bits per heavy atom. The molecule has 1 aromatic heterocycles. The highest BCUT2D eigenvalue weighted by molar-refractivity contribution is 5.92. The summed E-state index contributed by atoms with van der Waals surface area (Å²) in [5, 5.41) is 13.6. The van der Waals surface area contributed by atoms with E-state index in [9.17, 15) is 4.79 Å². The highest BCUT2D eigenvalue weighted by Gasteiger charge is 2.33.